The molecule has 3 amide bonds. The number of hydrogen-bond donors (Lipinski definition) is 2. The Morgan fingerprint density at radius 1 is 1.27 bits per heavy atom. The molecule has 2 N–H and O–H groups in total. The number of carbonyl (C=O) groups excluding carboxylic acids is 3. The van der Waals surface area contributed by atoms with Gasteiger partial charge >= 0.3 is 12.0 Å². The molecule has 1 aromatic carbocycles. The fourth-order valence-electron chi connectivity index (χ4n) is 3.04. The number of urea groups is 1. The molecule has 160 valence electrons. The summed E-state index contributed by atoms with van der Waals surface area (Å²) in [6.45, 7) is 2.82. The van der Waals surface area contributed by atoms with Crippen molar-refractivity contribution in [3.8, 4) is 0 Å². The Balaban J connectivity index is 1.49. The molecule has 30 heavy (non-hydrogen) atoms. The zero-order chi connectivity index (χ0) is 21.5. The zero-order valence-electron chi connectivity index (χ0n) is 16.4. The summed E-state index contributed by atoms with van der Waals surface area (Å²) in [5.41, 5.74) is 0.346. The van der Waals surface area contributed by atoms with Gasteiger partial charge in [0.25, 0.3) is 5.91 Å². The number of esters is 1. The summed E-state index contributed by atoms with van der Waals surface area (Å²) in [6, 6.07) is 5.30. The first-order chi connectivity index (χ1) is 14.5. The van der Waals surface area contributed by atoms with Crippen molar-refractivity contribution in [2.24, 2.45) is 0 Å². The smallest absolute Gasteiger partial charge is 0.325 e. The first-order valence-electron chi connectivity index (χ1n) is 9.55. The molecular weight excluding hydrogens is 413 g/mol. The molecule has 2 aromatic rings. The van der Waals surface area contributed by atoms with E-state index in [1.165, 1.54) is 29.5 Å². The van der Waals surface area contributed by atoms with E-state index in [0.29, 0.717) is 31.6 Å². The molecule has 0 aliphatic carbocycles. The average molecular weight is 435 g/mol. The molecule has 2 heterocycles. The lowest BCUT2D eigenvalue weighted by Crippen LogP contribution is -2.45. The van der Waals surface area contributed by atoms with Crippen molar-refractivity contribution in [2.75, 3.05) is 31.6 Å². The van der Waals surface area contributed by atoms with Crippen LogP contribution in [0.25, 0.3) is 0 Å². The number of piperidine rings is 1. The largest absolute Gasteiger partial charge is 0.465 e. The number of rotatable bonds is 6. The van der Waals surface area contributed by atoms with Crippen LogP contribution >= 0.6 is 11.3 Å². The maximum absolute atomic E-state index is 13.2. The summed E-state index contributed by atoms with van der Waals surface area (Å²) in [4.78, 5) is 37.4. The van der Waals surface area contributed by atoms with Crippen molar-refractivity contribution in [3.05, 3.63) is 40.1 Å². The molecule has 0 unspecified atom stereocenters. The number of nitrogens with zero attached hydrogens (tertiary/aromatic N) is 3. The van der Waals surface area contributed by atoms with E-state index < -0.39 is 17.7 Å². The molecule has 0 spiro atoms. The molecule has 0 bridgehead atoms. The van der Waals surface area contributed by atoms with Crippen LogP contribution in [0, 0.1) is 5.82 Å². The SMILES string of the molecule is CCOC(=O)CNC(=O)N1CCC(c2nnc(C(=O)Nc3cccc(F)c3)s2)CC1. The fourth-order valence-corrected chi connectivity index (χ4v) is 3.95. The molecule has 11 heteroatoms. The van der Waals surface area contributed by atoms with Crippen molar-refractivity contribution in [1.82, 2.24) is 20.4 Å². The van der Waals surface area contributed by atoms with Gasteiger partial charge in [0.2, 0.25) is 5.01 Å². The number of amides is 3. The van der Waals surface area contributed by atoms with Gasteiger partial charge in [-0.2, -0.15) is 0 Å². The van der Waals surface area contributed by atoms with Crippen LogP contribution in [0.3, 0.4) is 0 Å². The van der Waals surface area contributed by atoms with Crippen LogP contribution in [0.5, 0.6) is 0 Å². The van der Waals surface area contributed by atoms with Gasteiger partial charge in [-0.15, -0.1) is 10.2 Å². The van der Waals surface area contributed by atoms with E-state index in [4.69, 9.17) is 4.74 Å². The lowest BCUT2D eigenvalue weighted by Gasteiger charge is -2.30. The Kier molecular flexibility index (Phi) is 7.28. The van der Waals surface area contributed by atoms with Crippen LogP contribution in [0.15, 0.2) is 24.3 Å². The Morgan fingerprint density at radius 2 is 2.03 bits per heavy atom. The Hall–Kier alpha value is -3.08. The van der Waals surface area contributed by atoms with Crippen LogP contribution in [0.1, 0.15) is 40.5 Å². The van der Waals surface area contributed by atoms with E-state index in [9.17, 15) is 18.8 Å². The van der Waals surface area contributed by atoms with Crippen molar-refractivity contribution in [1.29, 1.82) is 0 Å². The first kappa shape index (κ1) is 21.6. The maximum atomic E-state index is 13.2. The molecule has 0 saturated carbocycles. The Bertz CT molecular complexity index is 914. The van der Waals surface area contributed by atoms with Crippen molar-refractivity contribution < 1.29 is 23.5 Å². The summed E-state index contributed by atoms with van der Waals surface area (Å²) in [6.07, 6.45) is 1.35. The van der Waals surface area contributed by atoms with Gasteiger partial charge in [-0.05, 0) is 38.0 Å². The zero-order valence-corrected chi connectivity index (χ0v) is 17.2. The summed E-state index contributed by atoms with van der Waals surface area (Å²) < 4.78 is 18.0. The Labute approximate surface area is 176 Å². The minimum Gasteiger partial charge on any atom is -0.465 e. The summed E-state index contributed by atoms with van der Waals surface area (Å²) >= 11 is 1.19. The number of anilines is 1. The highest BCUT2D eigenvalue weighted by atomic mass is 32.1. The van der Waals surface area contributed by atoms with Crippen LogP contribution < -0.4 is 10.6 Å². The number of ether oxygens (including phenoxy) is 1. The predicted molar refractivity (Wildman–Crippen MR) is 108 cm³/mol. The van der Waals surface area contributed by atoms with Gasteiger partial charge in [0.05, 0.1) is 6.61 Å². The summed E-state index contributed by atoms with van der Waals surface area (Å²) in [5.74, 6) is -1.27. The minimum absolute atomic E-state index is 0.0901. The summed E-state index contributed by atoms with van der Waals surface area (Å²) in [7, 11) is 0. The van der Waals surface area contributed by atoms with Gasteiger partial charge in [-0.1, -0.05) is 17.4 Å². The number of aromatic nitrogens is 2. The monoisotopic (exact) mass is 435 g/mol. The lowest BCUT2D eigenvalue weighted by molar-refractivity contribution is -0.141. The third-order valence-corrected chi connectivity index (χ3v) is 5.62. The second-order valence-corrected chi connectivity index (χ2v) is 7.64. The van der Waals surface area contributed by atoms with Gasteiger partial charge < -0.3 is 20.3 Å². The van der Waals surface area contributed by atoms with Crippen molar-refractivity contribution in [3.63, 3.8) is 0 Å². The topological polar surface area (TPSA) is 114 Å². The second kappa shape index (κ2) is 10.1. The molecule has 3 rings (SSSR count). The molecule has 0 radical (unpaired) electrons. The molecular formula is C19H22FN5O4S. The molecule has 1 aliphatic rings. The number of nitrogens with one attached hydrogen (secondary N) is 2. The Morgan fingerprint density at radius 3 is 2.73 bits per heavy atom. The molecule has 9 nitrogen and oxygen atoms in total. The number of benzene rings is 1. The predicted octanol–water partition coefficient (Wildman–Crippen LogP) is 2.38. The highest BCUT2D eigenvalue weighted by Gasteiger charge is 2.27. The quantitative estimate of drug-likeness (QED) is 0.674. The van der Waals surface area contributed by atoms with Crippen LogP contribution in [-0.2, 0) is 9.53 Å². The number of hydrogen-bond acceptors (Lipinski definition) is 7. The van der Waals surface area contributed by atoms with E-state index >= 15 is 0 Å². The van der Waals surface area contributed by atoms with Crippen LogP contribution in [0.4, 0.5) is 14.9 Å². The number of halogens is 1. The van der Waals surface area contributed by atoms with E-state index in [1.807, 2.05) is 0 Å². The molecule has 0 atom stereocenters. The highest BCUT2D eigenvalue weighted by molar-refractivity contribution is 7.13. The molecule has 1 fully saturated rings. The van der Waals surface area contributed by atoms with Crippen LogP contribution in [0.2, 0.25) is 0 Å². The first-order valence-corrected chi connectivity index (χ1v) is 10.4. The highest BCUT2D eigenvalue weighted by Crippen LogP contribution is 2.30. The maximum Gasteiger partial charge on any atom is 0.325 e. The molecule has 1 aromatic heterocycles. The fraction of sp³-hybridized carbons (Fsp3) is 0.421. The van der Waals surface area contributed by atoms with Gasteiger partial charge in [0.15, 0.2) is 0 Å². The standard InChI is InChI=1S/C19H22FN5O4S/c1-2-29-15(26)11-21-19(28)25-8-6-12(7-9-25)17-23-24-18(30-17)16(27)22-14-5-3-4-13(20)10-14/h3-5,10,12H,2,6-9,11H2,1H3,(H,21,28)(H,22,27). The van der Waals surface area contributed by atoms with E-state index in [1.54, 1.807) is 17.9 Å². The van der Waals surface area contributed by atoms with E-state index in [2.05, 4.69) is 20.8 Å². The normalized spacial score (nSPS) is 14.3. The van der Waals surface area contributed by atoms with Crippen molar-refractivity contribution in [2.45, 2.75) is 25.7 Å². The van der Waals surface area contributed by atoms with Gasteiger partial charge in [0, 0.05) is 24.7 Å². The van der Waals surface area contributed by atoms with Crippen molar-refractivity contribution >= 4 is 34.9 Å². The molecule has 1 aliphatic heterocycles. The average Bonchev–Trinajstić information content (AvgIpc) is 3.23. The van der Waals surface area contributed by atoms with Gasteiger partial charge in [-0.25, -0.2) is 9.18 Å². The third kappa shape index (κ3) is 5.72. The second-order valence-electron chi connectivity index (χ2n) is 6.63. The van der Waals surface area contributed by atoms with Crippen LogP contribution in [-0.4, -0.2) is 59.2 Å². The lowest BCUT2D eigenvalue weighted by atomic mass is 9.98. The number of carbonyl (C=O) groups is 3. The summed E-state index contributed by atoms with van der Waals surface area (Å²) in [5, 5.41) is 14.1. The van der Waals surface area contributed by atoms with Gasteiger partial charge in [-0.3, -0.25) is 9.59 Å². The minimum atomic E-state index is -0.473. The van der Waals surface area contributed by atoms with E-state index in [0.717, 1.165) is 5.01 Å². The van der Waals surface area contributed by atoms with E-state index in [-0.39, 0.29) is 30.1 Å². The van der Waals surface area contributed by atoms with Gasteiger partial charge in [0.1, 0.15) is 17.4 Å². The third-order valence-electron chi connectivity index (χ3n) is 4.54. The number of likely N-dealkylation sites (tertiary alicyclic amines) is 1. The molecule has 1 saturated heterocycles.